The van der Waals surface area contributed by atoms with E-state index in [0.29, 0.717) is 11.8 Å². The van der Waals surface area contributed by atoms with E-state index in [9.17, 15) is 0 Å². The van der Waals surface area contributed by atoms with Gasteiger partial charge >= 0.3 is 0 Å². The van der Waals surface area contributed by atoms with Crippen molar-refractivity contribution >= 4 is 17.2 Å². The topological polar surface area (TPSA) is 60.8 Å². The third kappa shape index (κ3) is 7.15. The zero-order valence-corrected chi connectivity index (χ0v) is 30.4. The van der Waals surface area contributed by atoms with Crippen LogP contribution in [0.15, 0.2) is 203 Å². The van der Waals surface area contributed by atoms with Gasteiger partial charge in [-0.15, -0.1) is 0 Å². The van der Waals surface area contributed by atoms with Crippen molar-refractivity contribution in [1.29, 1.82) is 0 Å². The molecule has 4 aromatic rings. The minimum absolute atomic E-state index is 0.0107. The summed E-state index contributed by atoms with van der Waals surface area (Å²) in [5, 5.41) is 11.6. The van der Waals surface area contributed by atoms with E-state index >= 15 is 0 Å². The van der Waals surface area contributed by atoms with Crippen LogP contribution in [-0.2, 0) is 0 Å². The highest BCUT2D eigenvalue weighted by atomic mass is 15.2. The fourth-order valence-corrected chi connectivity index (χ4v) is 8.16. The Morgan fingerprint density at radius 1 is 0.611 bits per heavy atom. The van der Waals surface area contributed by atoms with Gasteiger partial charge in [-0.2, -0.15) is 0 Å². The summed E-state index contributed by atoms with van der Waals surface area (Å²) in [5.74, 6) is 2.33. The van der Waals surface area contributed by atoms with Gasteiger partial charge in [-0.3, -0.25) is 5.32 Å². The van der Waals surface area contributed by atoms with Gasteiger partial charge in [-0.05, 0) is 53.5 Å². The summed E-state index contributed by atoms with van der Waals surface area (Å²) >= 11 is 0. The van der Waals surface area contributed by atoms with E-state index in [4.69, 9.17) is 9.98 Å². The van der Waals surface area contributed by atoms with E-state index in [2.05, 4.69) is 156 Å². The van der Waals surface area contributed by atoms with Crippen molar-refractivity contribution in [3.05, 3.63) is 221 Å². The molecule has 0 fully saturated rings. The number of nitrogens with one attached hydrogen (secondary N) is 3. The standard InChI is InChI=1S/C49H45N5/c1-6-16-36(17-7-1)43-44(37-18-8-2-9-19-37)50-46(51-45(43)38-20-10-3-11-21-38)41-30-26-34(27-31-41)35-28-32-42(33-29-35)49-53-47(39-22-12-4-13-23-39)52-48(54-49)40-24-14-5-15-25-40/h1-10,12-18,20,22-26,28-34,37,44,46-47,50-51H,11,19,21,27H2,(H,52,53,54). The lowest BCUT2D eigenvalue weighted by molar-refractivity contribution is 0.396. The number of benzene rings is 4. The average Bonchev–Trinajstić information content (AvgIpc) is 3.27. The van der Waals surface area contributed by atoms with E-state index in [0.717, 1.165) is 54.0 Å². The monoisotopic (exact) mass is 703 g/mol. The first-order valence-electron chi connectivity index (χ1n) is 19.3. The molecule has 2 aliphatic heterocycles. The summed E-state index contributed by atoms with van der Waals surface area (Å²) in [7, 11) is 0. The molecule has 54 heavy (non-hydrogen) atoms. The SMILES string of the molecule is C1=CCCC(C2=C(c3ccccc3)C(C3C=CC=CC3)NC(C3=CCC(c4ccc(C5=NC(c6ccccc6)N=C(c6ccccc6)N5)cc4)C=C3)N2)=C1. The van der Waals surface area contributed by atoms with Crippen LogP contribution >= 0.6 is 0 Å². The largest absolute Gasteiger partial charge is 0.365 e. The summed E-state index contributed by atoms with van der Waals surface area (Å²) in [6, 6.07) is 40.6. The molecule has 5 aliphatic rings. The third-order valence-corrected chi connectivity index (χ3v) is 11.0. The van der Waals surface area contributed by atoms with Gasteiger partial charge in [0.25, 0.3) is 0 Å². The van der Waals surface area contributed by atoms with Crippen LogP contribution in [0.3, 0.4) is 0 Å². The summed E-state index contributed by atoms with van der Waals surface area (Å²) in [4.78, 5) is 10.1. The Morgan fingerprint density at radius 3 is 1.96 bits per heavy atom. The molecule has 266 valence electrons. The van der Waals surface area contributed by atoms with Crippen LogP contribution in [0.5, 0.6) is 0 Å². The van der Waals surface area contributed by atoms with Gasteiger partial charge in [0.2, 0.25) is 0 Å². The van der Waals surface area contributed by atoms with Gasteiger partial charge in [-0.1, -0.05) is 176 Å². The van der Waals surface area contributed by atoms with E-state index in [1.807, 2.05) is 36.4 Å². The first kappa shape index (κ1) is 33.8. The number of amidine groups is 2. The normalized spacial score (nSPS) is 24.9. The summed E-state index contributed by atoms with van der Waals surface area (Å²) in [5.41, 5.74) is 11.1. The minimum Gasteiger partial charge on any atom is -0.365 e. The predicted molar refractivity (Wildman–Crippen MR) is 223 cm³/mol. The Balaban J connectivity index is 0.960. The highest BCUT2D eigenvalue weighted by Gasteiger charge is 2.36. The summed E-state index contributed by atoms with van der Waals surface area (Å²) in [6.07, 6.45) is 26.8. The second kappa shape index (κ2) is 15.5. The molecule has 0 spiro atoms. The van der Waals surface area contributed by atoms with Crippen LogP contribution < -0.4 is 16.0 Å². The summed E-state index contributed by atoms with van der Waals surface area (Å²) in [6.45, 7) is 0. The molecule has 5 atom stereocenters. The van der Waals surface area contributed by atoms with E-state index < -0.39 is 0 Å². The van der Waals surface area contributed by atoms with Crippen molar-refractivity contribution in [1.82, 2.24) is 16.0 Å². The first-order valence-corrected chi connectivity index (χ1v) is 19.3. The van der Waals surface area contributed by atoms with Crippen molar-refractivity contribution < 1.29 is 0 Å². The molecule has 0 bridgehead atoms. The average molecular weight is 704 g/mol. The molecule has 0 saturated heterocycles. The molecule has 0 aromatic heterocycles. The molecular weight excluding hydrogens is 659 g/mol. The lowest BCUT2D eigenvalue weighted by Gasteiger charge is -2.42. The minimum atomic E-state index is -0.306. The molecule has 5 nitrogen and oxygen atoms in total. The molecule has 3 aliphatic carbocycles. The number of allylic oxidation sites excluding steroid dienone is 9. The molecule has 0 saturated carbocycles. The molecule has 2 heterocycles. The van der Waals surface area contributed by atoms with Gasteiger partial charge in [0.15, 0.2) is 6.17 Å². The second-order valence-electron chi connectivity index (χ2n) is 14.5. The number of aliphatic imine (C=N–C) groups is 2. The maximum absolute atomic E-state index is 5.07. The number of rotatable bonds is 8. The van der Waals surface area contributed by atoms with Crippen LogP contribution in [0.4, 0.5) is 0 Å². The van der Waals surface area contributed by atoms with Gasteiger partial charge in [0, 0.05) is 40.3 Å². The Bertz CT molecular complexity index is 2250. The maximum Gasteiger partial charge on any atom is 0.169 e. The lowest BCUT2D eigenvalue weighted by atomic mass is 9.79. The van der Waals surface area contributed by atoms with E-state index in [-0.39, 0.29) is 18.4 Å². The fourth-order valence-electron chi connectivity index (χ4n) is 8.16. The molecule has 5 unspecified atom stereocenters. The number of hydrogen-bond acceptors (Lipinski definition) is 5. The molecular formula is C49H45N5. The van der Waals surface area contributed by atoms with Crippen molar-refractivity contribution in [3.63, 3.8) is 0 Å². The predicted octanol–water partition coefficient (Wildman–Crippen LogP) is 9.86. The molecule has 0 radical (unpaired) electrons. The third-order valence-electron chi connectivity index (χ3n) is 11.0. The number of nitrogens with zero attached hydrogens (tertiary/aromatic N) is 2. The van der Waals surface area contributed by atoms with E-state index in [1.165, 1.54) is 33.5 Å². The zero-order chi connectivity index (χ0) is 36.1. The number of hydrogen-bond donors (Lipinski definition) is 3. The smallest absolute Gasteiger partial charge is 0.169 e. The van der Waals surface area contributed by atoms with Crippen LogP contribution in [0, 0.1) is 5.92 Å². The lowest BCUT2D eigenvalue weighted by Crippen LogP contribution is -2.55. The van der Waals surface area contributed by atoms with Crippen molar-refractivity contribution in [2.24, 2.45) is 15.9 Å². The van der Waals surface area contributed by atoms with E-state index in [1.54, 1.807) is 0 Å². The van der Waals surface area contributed by atoms with Gasteiger partial charge < -0.3 is 10.6 Å². The highest BCUT2D eigenvalue weighted by Crippen LogP contribution is 2.38. The Kier molecular flexibility index (Phi) is 9.70. The van der Waals surface area contributed by atoms with Gasteiger partial charge in [0.1, 0.15) is 17.8 Å². The quantitative estimate of drug-likeness (QED) is 0.171. The molecule has 4 aromatic carbocycles. The Hall–Kier alpha value is -6.04. The second-order valence-corrected chi connectivity index (χ2v) is 14.5. The Morgan fingerprint density at radius 2 is 1.31 bits per heavy atom. The molecule has 5 heteroatoms. The van der Waals surface area contributed by atoms with Crippen molar-refractivity contribution in [3.8, 4) is 0 Å². The molecule has 9 rings (SSSR count). The highest BCUT2D eigenvalue weighted by molar-refractivity contribution is 6.15. The molecule has 3 N–H and O–H groups in total. The summed E-state index contributed by atoms with van der Waals surface area (Å²) < 4.78 is 0. The van der Waals surface area contributed by atoms with Crippen LogP contribution in [0.2, 0.25) is 0 Å². The molecule has 0 amide bonds. The van der Waals surface area contributed by atoms with Crippen LogP contribution in [-0.4, -0.2) is 23.9 Å². The van der Waals surface area contributed by atoms with Crippen molar-refractivity contribution in [2.45, 2.75) is 50.0 Å². The maximum atomic E-state index is 5.07. The first-order chi connectivity index (χ1) is 26.8. The van der Waals surface area contributed by atoms with Gasteiger partial charge in [0.05, 0.1) is 0 Å². The van der Waals surface area contributed by atoms with Gasteiger partial charge in [-0.25, -0.2) is 9.98 Å². The van der Waals surface area contributed by atoms with Crippen LogP contribution in [0.25, 0.3) is 5.57 Å². The van der Waals surface area contributed by atoms with Crippen molar-refractivity contribution in [2.75, 3.05) is 0 Å². The Labute approximate surface area is 318 Å². The zero-order valence-electron chi connectivity index (χ0n) is 30.4. The fraction of sp³-hybridized carbons (Fsp3) is 0.184. The van der Waals surface area contributed by atoms with Crippen LogP contribution in [0.1, 0.15) is 65.6 Å².